The molecule has 0 bridgehead atoms. The second kappa shape index (κ2) is 47.8. The highest BCUT2D eigenvalue weighted by Gasteiger charge is 2.13. The van der Waals surface area contributed by atoms with E-state index in [4.69, 9.17) is 9.47 Å². The van der Waals surface area contributed by atoms with Gasteiger partial charge >= 0.3 is 5.97 Å². The van der Waals surface area contributed by atoms with Crippen molar-refractivity contribution in [3.8, 4) is 0 Å². The molecule has 1 atom stereocenters. The number of aliphatic hydroxyl groups excluding tert-OH is 1. The average molecular weight is 759 g/mol. The summed E-state index contributed by atoms with van der Waals surface area (Å²) in [5.74, 6) is -0.206. The van der Waals surface area contributed by atoms with E-state index >= 15 is 0 Å². The van der Waals surface area contributed by atoms with Crippen LogP contribution in [0.25, 0.3) is 0 Å². The maximum atomic E-state index is 12.2. The van der Waals surface area contributed by atoms with Crippen molar-refractivity contribution in [2.45, 2.75) is 258 Å². The van der Waals surface area contributed by atoms with Crippen LogP contribution in [-0.4, -0.2) is 37.0 Å². The first-order chi connectivity index (χ1) is 26.7. The molecule has 0 rings (SSSR count). The van der Waals surface area contributed by atoms with Gasteiger partial charge in [-0.1, -0.05) is 211 Å². The first-order valence-electron chi connectivity index (χ1n) is 24.1. The van der Waals surface area contributed by atoms with Gasteiger partial charge in [-0.25, -0.2) is 0 Å². The summed E-state index contributed by atoms with van der Waals surface area (Å²) in [5.41, 5.74) is 0. The number of allylic oxidation sites excluding steroid dienone is 6. The lowest BCUT2D eigenvalue weighted by Crippen LogP contribution is -2.27. The maximum absolute atomic E-state index is 12.2. The van der Waals surface area contributed by atoms with Crippen molar-refractivity contribution in [2.24, 2.45) is 0 Å². The summed E-state index contributed by atoms with van der Waals surface area (Å²) >= 11 is 0. The third-order valence-electron chi connectivity index (χ3n) is 10.7. The molecule has 0 saturated carbocycles. The van der Waals surface area contributed by atoms with Crippen LogP contribution in [0.1, 0.15) is 251 Å². The summed E-state index contributed by atoms with van der Waals surface area (Å²) in [7, 11) is 0. The topological polar surface area (TPSA) is 55.8 Å². The molecule has 4 heteroatoms. The molecular formula is C50H94O4. The van der Waals surface area contributed by atoms with Gasteiger partial charge in [0.15, 0.2) is 0 Å². The van der Waals surface area contributed by atoms with Crippen LogP contribution in [0.15, 0.2) is 36.5 Å². The van der Waals surface area contributed by atoms with E-state index in [0.717, 1.165) is 25.7 Å². The van der Waals surface area contributed by atoms with Crippen molar-refractivity contribution >= 4 is 5.97 Å². The van der Waals surface area contributed by atoms with Crippen LogP contribution < -0.4 is 0 Å². The number of hydrogen-bond donors (Lipinski definition) is 1. The Hall–Kier alpha value is -1.39. The summed E-state index contributed by atoms with van der Waals surface area (Å²) < 4.78 is 11.2. The van der Waals surface area contributed by atoms with Crippen molar-refractivity contribution in [2.75, 3.05) is 19.8 Å². The highest BCUT2D eigenvalue weighted by Crippen LogP contribution is 2.15. The van der Waals surface area contributed by atoms with E-state index in [1.807, 2.05) is 0 Å². The molecule has 0 aromatic rings. The number of ether oxygens (including phenoxy) is 2. The first kappa shape index (κ1) is 52.6. The number of carbonyl (C=O) groups is 1. The van der Waals surface area contributed by atoms with E-state index in [1.54, 1.807) is 0 Å². The predicted molar refractivity (Wildman–Crippen MR) is 237 cm³/mol. The van der Waals surface area contributed by atoms with Gasteiger partial charge in [0.25, 0.3) is 0 Å². The van der Waals surface area contributed by atoms with Crippen LogP contribution in [0.5, 0.6) is 0 Å². The molecule has 54 heavy (non-hydrogen) atoms. The van der Waals surface area contributed by atoms with E-state index in [0.29, 0.717) is 19.6 Å². The zero-order chi connectivity index (χ0) is 39.1. The first-order valence-corrected chi connectivity index (χ1v) is 24.1. The van der Waals surface area contributed by atoms with Crippen molar-refractivity contribution in [3.05, 3.63) is 36.5 Å². The second-order valence-electron chi connectivity index (χ2n) is 16.2. The highest BCUT2D eigenvalue weighted by atomic mass is 16.6. The Morgan fingerprint density at radius 3 is 1.17 bits per heavy atom. The smallest absolute Gasteiger partial charge is 0.306 e. The fraction of sp³-hybridized carbons (Fsp3) is 0.860. The predicted octanol–water partition coefficient (Wildman–Crippen LogP) is 16.0. The minimum atomic E-state index is -0.537. The van der Waals surface area contributed by atoms with Crippen LogP contribution >= 0.6 is 0 Å². The number of hydrogen-bond acceptors (Lipinski definition) is 4. The molecule has 1 unspecified atom stereocenters. The van der Waals surface area contributed by atoms with Gasteiger partial charge in [-0.2, -0.15) is 0 Å². The normalized spacial score (nSPS) is 12.6. The quantitative estimate of drug-likeness (QED) is 0.0382. The van der Waals surface area contributed by atoms with Gasteiger partial charge < -0.3 is 14.6 Å². The van der Waals surface area contributed by atoms with Crippen molar-refractivity contribution in [3.63, 3.8) is 0 Å². The zero-order valence-electron chi connectivity index (χ0n) is 36.5. The van der Waals surface area contributed by atoms with E-state index < -0.39 is 6.10 Å². The molecule has 318 valence electrons. The standard InChI is InChI=1S/C50H94O4/c1-3-5-7-9-11-13-15-17-19-21-22-23-24-25-26-27-28-29-30-32-34-36-38-40-42-44-46-53-48-49(47-51)54-50(52)45-43-41-39-37-35-33-31-20-18-16-14-12-10-8-6-4-2/h15,17,20-22,31,49,51H,3-14,16,18-19,23-30,32-48H2,1-2H3/b17-15-,22-21-,31-20-. The highest BCUT2D eigenvalue weighted by molar-refractivity contribution is 5.69. The van der Waals surface area contributed by atoms with Gasteiger partial charge in [0.1, 0.15) is 6.10 Å². The Kier molecular flexibility index (Phi) is 46.5. The summed E-state index contributed by atoms with van der Waals surface area (Å²) in [6, 6.07) is 0. The largest absolute Gasteiger partial charge is 0.457 e. The van der Waals surface area contributed by atoms with Crippen molar-refractivity contribution < 1.29 is 19.4 Å². The molecule has 0 fully saturated rings. The number of carbonyl (C=O) groups excluding carboxylic acids is 1. The lowest BCUT2D eigenvalue weighted by Gasteiger charge is -2.15. The SMILES string of the molecule is CCCCCCC/C=C\C/C=C\CCCCCCCCCCCCCCCCOCC(CO)OC(=O)CCCCCCC/C=C\CCCCCCCCC. The van der Waals surface area contributed by atoms with E-state index in [9.17, 15) is 9.90 Å². The summed E-state index contributed by atoms with van der Waals surface area (Å²) in [6.07, 6.45) is 60.8. The van der Waals surface area contributed by atoms with Gasteiger partial charge in [0.2, 0.25) is 0 Å². The van der Waals surface area contributed by atoms with E-state index in [2.05, 4.69) is 50.3 Å². The van der Waals surface area contributed by atoms with Crippen LogP contribution in [-0.2, 0) is 14.3 Å². The molecule has 0 aliphatic heterocycles. The molecule has 0 aromatic carbocycles. The molecule has 0 aliphatic carbocycles. The lowest BCUT2D eigenvalue weighted by molar-refractivity contribution is -0.154. The second-order valence-corrected chi connectivity index (χ2v) is 16.2. The third kappa shape index (κ3) is 45.0. The van der Waals surface area contributed by atoms with Gasteiger partial charge in [-0.3, -0.25) is 4.79 Å². The molecule has 1 N–H and O–H groups in total. The van der Waals surface area contributed by atoms with Crippen molar-refractivity contribution in [1.29, 1.82) is 0 Å². The fourth-order valence-electron chi connectivity index (χ4n) is 7.06. The molecular weight excluding hydrogens is 665 g/mol. The number of aliphatic hydroxyl groups is 1. The van der Waals surface area contributed by atoms with E-state index in [-0.39, 0.29) is 12.6 Å². The summed E-state index contributed by atoms with van der Waals surface area (Å²) in [5, 5.41) is 9.62. The van der Waals surface area contributed by atoms with Crippen LogP contribution in [0, 0.1) is 0 Å². The molecule has 0 heterocycles. The fourth-order valence-corrected chi connectivity index (χ4v) is 7.06. The molecule has 0 amide bonds. The van der Waals surface area contributed by atoms with Crippen molar-refractivity contribution in [1.82, 2.24) is 0 Å². The average Bonchev–Trinajstić information content (AvgIpc) is 3.18. The van der Waals surface area contributed by atoms with Crippen LogP contribution in [0.4, 0.5) is 0 Å². The van der Waals surface area contributed by atoms with Gasteiger partial charge in [0, 0.05) is 13.0 Å². The zero-order valence-corrected chi connectivity index (χ0v) is 36.5. The maximum Gasteiger partial charge on any atom is 0.306 e. The number of rotatable bonds is 45. The summed E-state index contributed by atoms with van der Waals surface area (Å²) in [4.78, 5) is 12.2. The van der Waals surface area contributed by atoms with Gasteiger partial charge in [0.05, 0.1) is 13.2 Å². The van der Waals surface area contributed by atoms with Gasteiger partial charge in [-0.15, -0.1) is 0 Å². The minimum absolute atomic E-state index is 0.173. The molecule has 0 spiro atoms. The molecule has 0 radical (unpaired) electrons. The van der Waals surface area contributed by atoms with Crippen LogP contribution in [0.3, 0.4) is 0 Å². The minimum Gasteiger partial charge on any atom is -0.457 e. The van der Waals surface area contributed by atoms with Gasteiger partial charge in [-0.05, 0) is 70.6 Å². The Bertz CT molecular complexity index is 802. The Labute approximate surface area is 338 Å². The van der Waals surface area contributed by atoms with E-state index in [1.165, 1.54) is 205 Å². The number of unbranched alkanes of at least 4 members (excludes halogenated alkanes) is 31. The van der Waals surface area contributed by atoms with Crippen LogP contribution in [0.2, 0.25) is 0 Å². The number of esters is 1. The Morgan fingerprint density at radius 2 is 0.778 bits per heavy atom. The molecule has 0 aliphatic rings. The molecule has 0 aromatic heterocycles. The molecule has 4 nitrogen and oxygen atoms in total. The summed E-state index contributed by atoms with van der Waals surface area (Å²) in [6.45, 7) is 5.35. The monoisotopic (exact) mass is 759 g/mol. The lowest BCUT2D eigenvalue weighted by atomic mass is 10.0. The third-order valence-corrected chi connectivity index (χ3v) is 10.7. The molecule has 0 saturated heterocycles. The Balaban J connectivity index is 3.39. The Morgan fingerprint density at radius 1 is 0.444 bits per heavy atom.